The largest absolute Gasteiger partial charge is 0.453 e. The Hall–Kier alpha value is -1.85. The Morgan fingerprint density at radius 1 is 1.39 bits per heavy atom. The standard InChI is InChI=1S/C12H18N4O2/c1-9-5-7-16(8-6-9)11-4-3-10(14-15-11)13-12(17)18-2/h3-4,9H,5-8H2,1-2H3,(H,13,14,17). The highest BCUT2D eigenvalue weighted by molar-refractivity contribution is 5.83. The quantitative estimate of drug-likeness (QED) is 0.868. The number of nitrogens with zero attached hydrogens (tertiary/aromatic N) is 3. The Balaban J connectivity index is 1.97. The summed E-state index contributed by atoms with van der Waals surface area (Å²) in [7, 11) is 1.31. The number of amides is 1. The van der Waals surface area contributed by atoms with Gasteiger partial charge in [0.05, 0.1) is 7.11 Å². The van der Waals surface area contributed by atoms with E-state index in [4.69, 9.17) is 0 Å². The molecule has 18 heavy (non-hydrogen) atoms. The first-order chi connectivity index (χ1) is 8.69. The topological polar surface area (TPSA) is 67.3 Å². The zero-order valence-corrected chi connectivity index (χ0v) is 10.7. The van der Waals surface area contributed by atoms with Crippen LogP contribution in [0.1, 0.15) is 19.8 Å². The lowest BCUT2D eigenvalue weighted by Gasteiger charge is -2.30. The molecule has 1 aliphatic heterocycles. The molecule has 0 radical (unpaired) electrons. The third kappa shape index (κ3) is 3.09. The van der Waals surface area contributed by atoms with Crippen molar-refractivity contribution in [1.29, 1.82) is 0 Å². The van der Waals surface area contributed by atoms with Gasteiger partial charge in [-0.25, -0.2) is 4.79 Å². The maximum atomic E-state index is 11.0. The molecule has 1 N–H and O–H groups in total. The number of aromatic nitrogens is 2. The number of nitrogens with one attached hydrogen (secondary N) is 1. The van der Waals surface area contributed by atoms with Crippen LogP contribution >= 0.6 is 0 Å². The zero-order chi connectivity index (χ0) is 13.0. The highest BCUT2D eigenvalue weighted by atomic mass is 16.5. The molecule has 0 aromatic carbocycles. The van der Waals surface area contributed by atoms with Gasteiger partial charge in [-0.3, -0.25) is 5.32 Å². The summed E-state index contributed by atoms with van der Waals surface area (Å²) in [6, 6.07) is 3.60. The maximum Gasteiger partial charge on any atom is 0.412 e. The highest BCUT2D eigenvalue weighted by Gasteiger charge is 2.17. The van der Waals surface area contributed by atoms with Crippen LogP contribution in [0.4, 0.5) is 16.4 Å². The third-order valence-corrected chi connectivity index (χ3v) is 3.17. The SMILES string of the molecule is COC(=O)Nc1ccc(N2CCC(C)CC2)nn1. The summed E-state index contributed by atoms with van der Waals surface area (Å²) in [5.41, 5.74) is 0. The second-order valence-electron chi connectivity index (χ2n) is 4.56. The van der Waals surface area contributed by atoms with Crippen LogP contribution in [-0.2, 0) is 4.74 Å². The monoisotopic (exact) mass is 250 g/mol. The first kappa shape index (κ1) is 12.6. The lowest BCUT2D eigenvalue weighted by Crippen LogP contribution is -2.33. The van der Waals surface area contributed by atoms with Crippen LogP contribution in [0.15, 0.2) is 12.1 Å². The van der Waals surface area contributed by atoms with Crippen LogP contribution < -0.4 is 10.2 Å². The van der Waals surface area contributed by atoms with Gasteiger partial charge >= 0.3 is 6.09 Å². The minimum Gasteiger partial charge on any atom is -0.453 e. The van der Waals surface area contributed by atoms with E-state index in [-0.39, 0.29) is 0 Å². The molecule has 0 aliphatic carbocycles. The van der Waals surface area contributed by atoms with Gasteiger partial charge in [0.25, 0.3) is 0 Å². The van der Waals surface area contributed by atoms with E-state index in [1.807, 2.05) is 6.07 Å². The van der Waals surface area contributed by atoms with Crippen LogP contribution in [-0.4, -0.2) is 36.5 Å². The van der Waals surface area contributed by atoms with Crippen LogP contribution in [0.2, 0.25) is 0 Å². The van der Waals surface area contributed by atoms with Crippen molar-refractivity contribution in [2.75, 3.05) is 30.4 Å². The number of carbonyl (C=O) groups is 1. The van der Waals surface area contributed by atoms with Gasteiger partial charge in [0.1, 0.15) is 0 Å². The average molecular weight is 250 g/mol. The van der Waals surface area contributed by atoms with Gasteiger partial charge in [-0.2, -0.15) is 0 Å². The molecular formula is C12H18N4O2. The minimum atomic E-state index is -0.538. The number of methoxy groups -OCH3 is 1. The van der Waals surface area contributed by atoms with Gasteiger partial charge in [-0.15, -0.1) is 10.2 Å². The average Bonchev–Trinajstić information content (AvgIpc) is 2.40. The van der Waals surface area contributed by atoms with E-state index in [2.05, 4.69) is 32.1 Å². The predicted molar refractivity (Wildman–Crippen MR) is 68.7 cm³/mol. The Kier molecular flexibility index (Phi) is 3.96. The number of carbonyl (C=O) groups excluding carboxylic acids is 1. The number of hydrogen-bond donors (Lipinski definition) is 1. The van der Waals surface area contributed by atoms with Gasteiger partial charge < -0.3 is 9.64 Å². The van der Waals surface area contributed by atoms with Gasteiger partial charge in [0.15, 0.2) is 11.6 Å². The summed E-state index contributed by atoms with van der Waals surface area (Å²) in [4.78, 5) is 13.2. The molecule has 6 nitrogen and oxygen atoms in total. The second-order valence-corrected chi connectivity index (χ2v) is 4.56. The number of rotatable bonds is 2. The van der Waals surface area contributed by atoms with Crippen molar-refractivity contribution in [2.45, 2.75) is 19.8 Å². The van der Waals surface area contributed by atoms with Gasteiger partial charge in [0, 0.05) is 13.1 Å². The van der Waals surface area contributed by atoms with Crippen molar-refractivity contribution in [3.8, 4) is 0 Å². The molecule has 2 rings (SSSR count). The number of piperidine rings is 1. The van der Waals surface area contributed by atoms with E-state index >= 15 is 0 Å². The fourth-order valence-corrected chi connectivity index (χ4v) is 1.95. The van der Waals surface area contributed by atoms with Crippen molar-refractivity contribution < 1.29 is 9.53 Å². The van der Waals surface area contributed by atoms with Crippen molar-refractivity contribution in [2.24, 2.45) is 5.92 Å². The summed E-state index contributed by atoms with van der Waals surface area (Å²) in [5.74, 6) is 2.04. The summed E-state index contributed by atoms with van der Waals surface area (Å²) < 4.78 is 4.48. The van der Waals surface area contributed by atoms with E-state index in [1.54, 1.807) is 6.07 Å². The third-order valence-electron chi connectivity index (χ3n) is 3.17. The van der Waals surface area contributed by atoms with Crippen molar-refractivity contribution >= 4 is 17.7 Å². The summed E-state index contributed by atoms with van der Waals surface area (Å²) in [6.07, 6.45) is 1.83. The molecule has 1 saturated heterocycles. The molecule has 1 aromatic rings. The van der Waals surface area contributed by atoms with Gasteiger partial charge in [-0.05, 0) is 30.9 Å². The van der Waals surface area contributed by atoms with Crippen molar-refractivity contribution in [1.82, 2.24) is 10.2 Å². The van der Waals surface area contributed by atoms with Gasteiger partial charge in [-0.1, -0.05) is 6.92 Å². The molecular weight excluding hydrogens is 232 g/mol. The van der Waals surface area contributed by atoms with Gasteiger partial charge in [0.2, 0.25) is 0 Å². The van der Waals surface area contributed by atoms with E-state index in [0.717, 1.165) is 24.8 Å². The van der Waals surface area contributed by atoms with Crippen LogP contribution in [0.3, 0.4) is 0 Å². The molecule has 0 atom stereocenters. The number of hydrogen-bond acceptors (Lipinski definition) is 5. The number of anilines is 2. The summed E-state index contributed by atoms with van der Waals surface area (Å²) in [5, 5.41) is 10.6. The first-order valence-corrected chi connectivity index (χ1v) is 6.12. The Morgan fingerprint density at radius 2 is 2.11 bits per heavy atom. The van der Waals surface area contributed by atoms with E-state index < -0.39 is 6.09 Å². The molecule has 0 unspecified atom stereocenters. The smallest absolute Gasteiger partial charge is 0.412 e. The Morgan fingerprint density at radius 3 is 2.67 bits per heavy atom. The molecule has 0 spiro atoms. The zero-order valence-electron chi connectivity index (χ0n) is 10.7. The molecule has 2 heterocycles. The normalized spacial score (nSPS) is 16.4. The molecule has 0 saturated carbocycles. The van der Waals surface area contributed by atoms with E-state index in [9.17, 15) is 4.79 Å². The Bertz CT molecular complexity index is 399. The molecule has 98 valence electrons. The fourth-order valence-electron chi connectivity index (χ4n) is 1.95. The van der Waals surface area contributed by atoms with Crippen LogP contribution in [0, 0.1) is 5.92 Å². The molecule has 1 amide bonds. The Labute approximate surface area is 106 Å². The molecule has 0 bridgehead atoms. The lowest BCUT2D eigenvalue weighted by atomic mass is 9.99. The van der Waals surface area contributed by atoms with Crippen LogP contribution in [0.5, 0.6) is 0 Å². The lowest BCUT2D eigenvalue weighted by molar-refractivity contribution is 0.187. The van der Waals surface area contributed by atoms with Crippen LogP contribution in [0.25, 0.3) is 0 Å². The first-order valence-electron chi connectivity index (χ1n) is 6.12. The summed E-state index contributed by atoms with van der Waals surface area (Å²) in [6.45, 7) is 4.30. The maximum absolute atomic E-state index is 11.0. The van der Waals surface area contributed by atoms with E-state index in [0.29, 0.717) is 5.82 Å². The number of ether oxygens (including phenoxy) is 1. The van der Waals surface area contributed by atoms with E-state index in [1.165, 1.54) is 20.0 Å². The minimum absolute atomic E-state index is 0.399. The summed E-state index contributed by atoms with van der Waals surface area (Å²) >= 11 is 0. The van der Waals surface area contributed by atoms with Crippen molar-refractivity contribution in [3.63, 3.8) is 0 Å². The van der Waals surface area contributed by atoms with Crippen molar-refractivity contribution in [3.05, 3.63) is 12.1 Å². The highest BCUT2D eigenvalue weighted by Crippen LogP contribution is 2.21. The second kappa shape index (κ2) is 5.66. The molecule has 1 fully saturated rings. The predicted octanol–water partition coefficient (Wildman–Crippen LogP) is 1.89. The molecule has 1 aliphatic rings. The fraction of sp³-hybridized carbons (Fsp3) is 0.583. The molecule has 6 heteroatoms. The molecule has 1 aromatic heterocycles.